The van der Waals surface area contributed by atoms with Gasteiger partial charge in [0.25, 0.3) is 0 Å². The van der Waals surface area contributed by atoms with Gasteiger partial charge in [0.15, 0.2) is 17.3 Å². The Bertz CT molecular complexity index is 811. The molecule has 0 saturated carbocycles. The number of halogens is 2. The summed E-state index contributed by atoms with van der Waals surface area (Å²) < 4.78 is 28.7. The van der Waals surface area contributed by atoms with Crippen molar-refractivity contribution in [2.45, 2.75) is 26.8 Å². The summed E-state index contributed by atoms with van der Waals surface area (Å²) in [5, 5.41) is 5.29. The van der Waals surface area contributed by atoms with Gasteiger partial charge < -0.3 is 0 Å². The second kappa shape index (κ2) is 5.20. The van der Waals surface area contributed by atoms with E-state index in [4.69, 9.17) is 0 Å². The molecule has 2 aromatic heterocycles. The highest BCUT2D eigenvalue weighted by Crippen LogP contribution is 2.19. The van der Waals surface area contributed by atoms with Crippen molar-refractivity contribution < 1.29 is 8.78 Å². The SMILES string of the molecule is CCc1nn(Cc2cccc(F)c2F)c2nc(C)ncc12. The predicted octanol–water partition coefficient (Wildman–Crippen LogP) is 3.02. The van der Waals surface area contributed by atoms with Gasteiger partial charge in [-0.25, -0.2) is 23.4 Å². The van der Waals surface area contributed by atoms with Crippen LogP contribution in [0.25, 0.3) is 11.0 Å². The second-order valence-electron chi connectivity index (χ2n) is 4.83. The lowest BCUT2D eigenvalue weighted by Gasteiger charge is -2.05. The lowest BCUT2D eigenvalue weighted by Crippen LogP contribution is -2.06. The van der Waals surface area contributed by atoms with Crippen LogP contribution in [0, 0.1) is 18.6 Å². The number of hydrogen-bond acceptors (Lipinski definition) is 3. The van der Waals surface area contributed by atoms with Crippen LogP contribution in [0.1, 0.15) is 24.0 Å². The van der Waals surface area contributed by atoms with Gasteiger partial charge in [-0.05, 0) is 19.4 Å². The van der Waals surface area contributed by atoms with Crippen molar-refractivity contribution in [1.29, 1.82) is 0 Å². The van der Waals surface area contributed by atoms with Crippen molar-refractivity contribution in [1.82, 2.24) is 19.7 Å². The molecule has 0 fully saturated rings. The minimum Gasteiger partial charge on any atom is -0.242 e. The van der Waals surface area contributed by atoms with Gasteiger partial charge in [0.2, 0.25) is 0 Å². The van der Waals surface area contributed by atoms with E-state index in [2.05, 4.69) is 15.1 Å². The number of hydrogen-bond donors (Lipinski definition) is 0. The van der Waals surface area contributed by atoms with Gasteiger partial charge in [0.1, 0.15) is 5.82 Å². The third kappa shape index (κ3) is 2.37. The summed E-state index contributed by atoms with van der Waals surface area (Å²) in [5.74, 6) is -1.08. The van der Waals surface area contributed by atoms with E-state index in [9.17, 15) is 8.78 Å². The molecule has 21 heavy (non-hydrogen) atoms. The molecule has 3 rings (SSSR count). The summed E-state index contributed by atoms with van der Waals surface area (Å²) in [5.41, 5.74) is 1.74. The fourth-order valence-corrected chi connectivity index (χ4v) is 2.31. The zero-order chi connectivity index (χ0) is 15.0. The Hall–Kier alpha value is -2.37. The topological polar surface area (TPSA) is 43.6 Å². The number of nitrogens with zero attached hydrogens (tertiary/aromatic N) is 4. The predicted molar refractivity (Wildman–Crippen MR) is 74.9 cm³/mol. The van der Waals surface area contributed by atoms with Crippen LogP contribution in [0.15, 0.2) is 24.4 Å². The summed E-state index contributed by atoms with van der Waals surface area (Å²) >= 11 is 0. The number of fused-ring (bicyclic) bond motifs is 1. The highest BCUT2D eigenvalue weighted by molar-refractivity contribution is 5.77. The molecule has 6 heteroatoms. The molecular formula is C15H14F2N4. The lowest BCUT2D eigenvalue weighted by atomic mass is 10.2. The molecule has 0 aliphatic carbocycles. The zero-order valence-electron chi connectivity index (χ0n) is 11.8. The van der Waals surface area contributed by atoms with E-state index in [0.717, 1.165) is 23.6 Å². The van der Waals surface area contributed by atoms with Gasteiger partial charge in [-0.2, -0.15) is 5.10 Å². The Morgan fingerprint density at radius 1 is 1.24 bits per heavy atom. The molecule has 3 aromatic rings. The minimum atomic E-state index is -0.856. The van der Waals surface area contributed by atoms with Crippen molar-refractivity contribution in [2.24, 2.45) is 0 Å². The molecule has 1 aromatic carbocycles. The molecule has 0 saturated heterocycles. The van der Waals surface area contributed by atoms with Crippen LogP contribution in [0.5, 0.6) is 0 Å². The molecule has 0 aliphatic heterocycles. The third-order valence-electron chi connectivity index (χ3n) is 3.37. The van der Waals surface area contributed by atoms with Gasteiger partial charge in [-0.1, -0.05) is 19.1 Å². The molecule has 2 heterocycles. The molecule has 0 bridgehead atoms. The van der Waals surface area contributed by atoms with E-state index < -0.39 is 11.6 Å². The Balaban J connectivity index is 2.12. The summed E-state index contributed by atoms with van der Waals surface area (Å²) in [6.45, 7) is 3.90. The molecule has 0 unspecified atom stereocenters. The normalized spacial score (nSPS) is 11.2. The summed E-state index contributed by atoms with van der Waals surface area (Å²) in [7, 11) is 0. The fraction of sp³-hybridized carbons (Fsp3) is 0.267. The van der Waals surface area contributed by atoms with Crippen LogP contribution in [-0.4, -0.2) is 19.7 Å². The summed E-state index contributed by atoms with van der Waals surface area (Å²) in [6.07, 6.45) is 2.45. The minimum absolute atomic E-state index is 0.135. The second-order valence-corrected chi connectivity index (χ2v) is 4.83. The smallest absolute Gasteiger partial charge is 0.163 e. The summed E-state index contributed by atoms with van der Waals surface area (Å²) in [4.78, 5) is 8.54. The van der Waals surface area contributed by atoms with Crippen LogP contribution in [0.2, 0.25) is 0 Å². The molecule has 0 amide bonds. The van der Waals surface area contributed by atoms with E-state index >= 15 is 0 Å². The number of rotatable bonds is 3. The zero-order valence-corrected chi connectivity index (χ0v) is 11.8. The van der Waals surface area contributed by atoms with Gasteiger partial charge in [0, 0.05) is 11.8 Å². The highest BCUT2D eigenvalue weighted by Gasteiger charge is 2.14. The van der Waals surface area contributed by atoms with Crippen LogP contribution >= 0.6 is 0 Å². The average molecular weight is 288 g/mol. The third-order valence-corrected chi connectivity index (χ3v) is 3.37. The standard InChI is InChI=1S/C15H14F2N4/c1-3-13-11-7-18-9(2)19-15(11)21(20-13)8-10-5-4-6-12(16)14(10)17/h4-7H,3,8H2,1-2H3. The van der Waals surface area contributed by atoms with E-state index in [0.29, 0.717) is 11.5 Å². The van der Waals surface area contributed by atoms with Crippen LogP contribution in [0.3, 0.4) is 0 Å². The quantitative estimate of drug-likeness (QED) is 0.744. The maximum atomic E-state index is 13.8. The van der Waals surface area contributed by atoms with Gasteiger partial charge >= 0.3 is 0 Å². The van der Waals surface area contributed by atoms with E-state index in [1.165, 1.54) is 6.07 Å². The van der Waals surface area contributed by atoms with Crippen molar-refractivity contribution in [3.8, 4) is 0 Å². The first-order valence-electron chi connectivity index (χ1n) is 6.72. The molecule has 0 radical (unpaired) electrons. The van der Waals surface area contributed by atoms with Gasteiger partial charge in [0.05, 0.1) is 17.6 Å². The van der Waals surface area contributed by atoms with Crippen molar-refractivity contribution in [3.63, 3.8) is 0 Å². The van der Waals surface area contributed by atoms with E-state index in [1.54, 1.807) is 23.9 Å². The highest BCUT2D eigenvalue weighted by atomic mass is 19.2. The Morgan fingerprint density at radius 2 is 2.05 bits per heavy atom. The molecule has 0 atom stereocenters. The van der Waals surface area contributed by atoms with Crippen molar-refractivity contribution >= 4 is 11.0 Å². The Kier molecular flexibility index (Phi) is 3.37. The van der Waals surface area contributed by atoms with E-state index in [-0.39, 0.29) is 12.1 Å². The van der Waals surface area contributed by atoms with E-state index in [1.807, 2.05) is 6.92 Å². The Labute approximate surface area is 120 Å². The maximum absolute atomic E-state index is 13.8. The van der Waals surface area contributed by atoms with Crippen LogP contribution in [-0.2, 0) is 13.0 Å². The number of benzene rings is 1. The van der Waals surface area contributed by atoms with Crippen LogP contribution in [0.4, 0.5) is 8.78 Å². The molecule has 0 spiro atoms. The number of aromatic nitrogens is 4. The molecule has 4 nitrogen and oxygen atoms in total. The van der Waals surface area contributed by atoms with Crippen molar-refractivity contribution in [3.05, 3.63) is 53.1 Å². The van der Waals surface area contributed by atoms with Gasteiger partial charge in [-0.15, -0.1) is 0 Å². The first-order chi connectivity index (χ1) is 10.1. The molecule has 108 valence electrons. The maximum Gasteiger partial charge on any atom is 0.163 e. The summed E-state index contributed by atoms with van der Waals surface area (Å²) in [6, 6.07) is 4.13. The first-order valence-corrected chi connectivity index (χ1v) is 6.72. The number of aryl methyl sites for hydroxylation is 2. The fourth-order valence-electron chi connectivity index (χ4n) is 2.31. The van der Waals surface area contributed by atoms with Crippen molar-refractivity contribution in [2.75, 3.05) is 0 Å². The monoisotopic (exact) mass is 288 g/mol. The van der Waals surface area contributed by atoms with Gasteiger partial charge in [-0.3, -0.25) is 0 Å². The van der Waals surface area contributed by atoms with Crippen LogP contribution < -0.4 is 0 Å². The molecule has 0 aliphatic rings. The largest absolute Gasteiger partial charge is 0.242 e. The molecular weight excluding hydrogens is 274 g/mol. The molecule has 0 N–H and O–H groups in total. The Morgan fingerprint density at radius 3 is 2.81 bits per heavy atom. The first kappa shape index (κ1) is 13.6. The lowest BCUT2D eigenvalue weighted by molar-refractivity contribution is 0.492. The average Bonchev–Trinajstić information content (AvgIpc) is 2.81.